The van der Waals surface area contributed by atoms with Gasteiger partial charge in [-0.25, -0.2) is 18.1 Å². The number of allylic oxidation sites excluding steroid dienone is 4. The molecule has 0 aromatic carbocycles. The van der Waals surface area contributed by atoms with Gasteiger partial charge in [-0.1, -0.05) is 88.2 Å². The maximum atomic E-state index is 2.30. The van der Waals surface area contributed by atoms with Gasteiger partial charge in [0.15, 0.2) is 0 Å². The van der Waals surface area contributed by atoms with Crippen molar-refractivity contribution in [2.75, 3.05) is 0 Å². The molecule has 0 nitrogen and oxygen atoms in total. The van der Waals surface area contributed by atoms with Crippen LogP contribution in [0.1, 0.15) is 102 Å². The molecule has 0 spiro atoms. The van der Waals surface area contributed by atoms with Crippen LogP contribution in [0.4, 0.5) is 0 Å². The van der Waals surface area contributed by atoms with E-state index in [1.807, 2.05) is 41.5 Å². The quantitative estimate of drug-likeness (QED) is 0.389. The van der Waals surface area contributed by atoms with Gasteiger partial charge in [-0.2, -0.15) is 0 Å². The first-order valence-electron chi connectivity index (χ1n) is 9.73. The van der Waals surface area contributed by atoms with E-state index in [1.54, 1.807) is 5.57 Å². The summed E-state index contributed by atoms with van der Waals surface area (Å²) >= 11 is 0. The molecular weight excluding hydrogens is 377 g/mol. The molecule has 0 aromatic rings. The van der Waals surface area contributed by atoms with E-state index in [4.69, 9.17) is 0 Å². The van der Waals surface area contributed by atoms with Crippen LogP contribution in [0.2, 0.25) is 0 Å². The van der Waals surface area contributed by atoms with Crippen LogP contribution in [0.25, 0.3) is 0 Å². The van der Waals surface area contributed by atoms with Crippen molar-refractivity contribution < 1.29 is 32.7 Å². The fourth-order valence-electron chi connectivity index (χ4n) is 1.52. The average Bonchev–Trinajstić information content (AvgIpc) is 3.08. The second-order valence-corrected chi connectivity index (χ2v) is 5.02. The third kappa shape index (κ3) is 32.6. The fourth-order valence-corrected chi connectivity index (χ4v) is 1.52. The third-order valence-corrected chi connectivity index (χ3v) is 3.57. The van der Waals surface area contributed by atoms with Crippen LogP contribution in [0.5, 0.6) is 0 Å². The molecular formula is C24H53Y. The maximum absolute atomic E-state index is 2.30. The summed E-state index contributed by atoms with van der Waals surface area (Å²) in [5.74, 6) is 1.77. The Morgan fingerprint density at radius 3 is 1.40 bits per heavy atom. The van der Waals surface area contributed by atoms with Crippen LogP contribution in [0.3, 0.4) is 0 Å². The molecule has 0 N–H and O–H groups in total. The molecule has 1 aliphatic rings. The molecule has 0 amide bonds. The van der Waals surface area contributed by atoms with Gasteiger partial charge in [0, 0.05) is 0 Å². The maximum Gasteiger partial charge on any atom is 3.00 e. The molecule has 0 heterocycles. The molecule has 25 heavy (non-hydrogen) atoms. The van der Waals surface area contributed by atoms with E-state index in [2.05, 4.69) is 60.1 Å². The number of hydrogen-bond donors (Lipinski definition) is 0. The van der Waals surface area contributed by atoms with E-state index in [-0.39, 0.29) is 47.6 Å². The molecule has 0 aromatic heterocycles. The van der Waals surface area contributed by atoms with E-state index in [0.717, 1.165) is 11.8 Å². The first-order chi connectivity index (χ1) is 10.5. The second-order valence-electron chi connectivity index (χ2n) is 5.02. The van der Waals surface area contributed by atoms with Gasteiger partial charge in [-0.3, -0.25) is 0 Å². The minimum atomic E-state index is 0. The Morgan fingerprint density at radius 1 is 0.880 bits per heavy atom. The van der Waals surface area contributed by atoms with Crippen LogP contribution in [0.15, 0.2) is 23.3 Å². The molecule has 0 bridgehead atoms. The molecule has 152 valence electrons. The Hall–Kier alpha value is 0.454. The third-order valence-electron chi connectivity index (χ3n) is 3.57. The summed E-state index contributed by atoms with van der Waals surface area (Å²) in [6.07, 6.45) is 10.3. The zero-order valence-electron chi connectivity index (χ0n) is 20.6. The topological polar surface area (TPSA) is 0 Å². The Bertz CT molecular complexity index is 218. The molecule has 1 aliphatic carbocycles. The van der Waals surface area contributed by atoms with E-state index >= 15 is 0 Å². The van der Waals surface area contributed by atoms with Gasteiger partial charge in [0.05, 0.1) is 0 Å². The van der Waals surface area contributed by atoms with Crippen molar-refractivity contribution in [3.8, 4) is 0 Å². The van der Waals surface area contributed by atoms with Crippen LogP contribution >= 0.6 is 0 Å². The Balaban J connectivity index is -0.0000000369. The molecule has 0 radical (unpaired) electrons. The van der Waals surface area contributed by atoms with Gasteiger partial charge in [0.25, 0.3) is 0 Å². The Labute approximate surface area is 190 Å². The smallest absolute Gasteiger partial charge is 0.358 e. The van der Waals surface area contributed by atoms with Crippen molar-refractivity contribution in [3.05, 3.63) is 44.6 Å². The average molecular weight is 431 g/mol. The molecule has 0 aliphatic heterocycles. The summed E-state index contributed by atoms with van der Waals surface area (Å²) < 4.78 is 0. The van der Waals surface area contributed by atoms with Crippen LogP contribution in [-0.2, 0) is 32.7 Å². The normalized spacial score (nSPS) is 11.1. The molecule has 0 saturated heterocycles. The zero-order valence-corrected chi connectivity index (χ0v) is 23.4. The predicted molar refractivity (Wildman–Crippen MR) is 122 cm³/mol. The number of hydrogen-bond acceptors (Lipinski definition) is 0. The van der Waals surface area contributed by atoms with Crippen molar-refractivity contribution in [1.29, 1.82) is 0 Å². The zero-order chi connectivity index (χ0) is 18.6. The van der Waals surface area contributed by atoms with Crippen molar-refractivity contribution in [2.45, 2.75) is 102 Å². The van der Waals surface area contributed by atoms with Crippen molar-refractivity contribution in [3.63, 3.8) is 0 Å². The van der Waals surface area contributed by atoms with Gasteiger partial charge in [-0.15, -0.1) is 13.0 Å². The summed E-state index contributed by atoms with van der Waals surface area (Å²) in [5.41, 5.74) is 3.02. The Morgan fingerprint density at radius 2 is 1.28 bits per heavy atom. The summed E-state index contributed by atoms with van der Waals surface area (Å²) in [5, 5.41) is 0. The molecule has 1 unspecified atom stereocenters. The van der Waals surface area contributed by atoms with Gasteiger partial charge in [0.2, 0.25) is 0 Å². The summed E-state index contributed by atoms with van der Waals surface area (Å²) in [6, 6.07) is 0. The van der Waals surface area contributed by atoms with Crippen LogP contribution < -0.4 is 0 Å². The fraction of sp³-hybridized carbons (Fsp3) is 0.708. The summed E-state index contributed by atoms with van der Waals surface area (Å²) in [6.45, 7) is 25.4. The predicted octanol–water partition coefficient (Wildman–Crippen LogP) is 9.54. The number of rotatable bonds is 4. The van der Waals surface area contributed by atoms with Crippen molar-refractivity contribution in [1.82, 2.24) is 0 Å². The first-order valence-corrected chi connectivity index (χ1v) is 9.73. The molecule has 1 rings (SSSR count). The van der Waals surface area contributed by atoms with Crippen molar-refractivity contribution >= 4 is 0 Å². The van der Waals surface area contributed by atoms with Gasteiger partial charge >= 0.3 is 32.7 Å². The molecule has 1 atom stereocenters. The van der Waals surface area contributed by atoms with Crippen LogP contribution in [0, 0.1) is 33.1 Å². The largest absolute Gasteiger partial charge is 3.00 e. The van der Waals surface area contributed by atoms with Gasteiger partial charge in [-0.05, 0) is 24.7 Å². The van der Waals surface area contributed by atoms with E-state index < -0.39 is 0 Å². The summed E-state index contributed by atoms with van der Waals surface area (Å²) in [7, 11) is 0. The summed E-state index contributed by atoms with van der Waals surface area (Å²) in [4.78, 5) is 0. The van der Waals surface area contributed by atoms with E-state index in [0.29, 0.717) is 0 Å². The van der Waals surface area contributed by atoms with Crippen LogP contribution in [-0.4, -0.2) is 0 Å². The monoisotopic (exact) mass is 430 g/mol. The minimum Gasteiger partial charge on any atom is -0.358 e. The van der Waals surface area contributed by atoms with E-state index in [9.17, 15) is 0 Å². The van der Waals surface area contributed by atoms with Gasteiger partial charge < -0.3 is 14.9 Å². The molecule has 0 fully saturated rings. The Kier molecular flexibility index (Phi) is 70.6. The molecule has 1 heteroatoms. The second kappa shape index (κ2) is 39.5. The molecule has 0 saturated carbocycles. The van der Waals surface area contributed by atoms with Crippen molar-refractivity contribution in [2.24, 2.45) is 11.8 Å². The van der Waals surface area contributed by atoms with E-state index in [1.165, 1.54) is 24.8 Å². The SMILES string of the molecule is CC.CC.CC.CCC(C)C(C)C.C[CH-]C1=CC=C(CC)C1.[CH3-].[CH3-].[Y+3]. The van der Waals surface area contributed by atoms with Gasteiger partial charge in [0.1, 0.15) is 0 Å². The first kappa shape index (κ1) is 44.7. The standard InChI is InChI=1S/C9H13.C7H16.3C2H6.2CH3.Y/c1-3-8-5-6-9(4-2)7-8;1-5-7(4)6(2)3;3*1-2;;;/h3,5-6H,4,7H2,1-2H3;6-7H,5H2,1-4H3;3*1-2H3;2*1H3;/q-1;;;;;2*-1;+3. The minimum absolute atomic E-state index is 0.